The summed E-state index contributed by atoms with van der Waals surface area (Å²) < 4.78 is 5.03. The summed E-state index contributed by atoms with van der Waals surface area (Å²) in [6.45, 7) is 3.85. The van der Waals surface area contributed by atoms with E-state index < -0.39 is 0 Å². The van der Waals surface area contributed by atoms with Gasteiger partial charge in [0, 0.05) is 12.5 Å². The monoisotopic (exact) mass is 260 g/mol. The molecular weight excluding hydrogens is 244 g/mol. The van der Waals surface area contributed by atoms with Crippen LogP contribution in [0.25, 0.3) is 6.08 Å². The molecule has 1 aromatic rings. The largest absolute Gasteiger partial charge is 0.495 e. The van der Waals surface area contributed by atoms with Crippen LogP contribution in [0, 0.1) is 27.4 Å². The number of methoxy groups -OCH3 is 1. The van der Waals surface area contributed by atoms with Crippen molar-refractivity contribution in [3.63, 3.8) is 0 Å². The van der Waals surface area contributed by atoms with Gasteiger partial charge in [0.1, 0.15) is 11.8 Å². The van der Waals surface area contributed by atoms with Crippen molar-refractivity contribution in [1.29, 1.82) is 5.26 Å². The number of rotatable bonds is 5. The molecule has 0 bridgehead atoms. The summed E-state index contributed by atoms with van der Waals surface area (Å²) in [4.78, 5) is 10.6. The van der Waals surface area contributed by atoms with Crippen LogP contribution in [0.15, 0.2) is 23.9 Å². The maximum absolute atomic E-state index is 11.0. The van der Waals surface area contributed by atoms with Gasteiger partial charge in [0.25, 0.3) is 0 Å². The smallest absolute Gasteiger partial charge is 0.247 e. The molecule has 1 aromatic carbocycles. The lowest BCUT2D eigenvalue weighted by Gasteiger charge is -2.05. The van der Waals surface area contributed by atoms with E-state index in [-0.39, 0.29) is 16.5 Å². The van der Waals surface area contributed by atoms with Gasteiger partial charge in [0.2, 0.25) is 5.70 Å². The van der Waals surface area contributed by atoms with Crippen LogP contribution in [0.5, 0.6) is 5.75 Å². The third-order valence-corrected chi connectivity index (χ3v) is 2.53. The first kappa shape index (κ1) is 14.7. The molecule has 0 heterocycles. The van der Waals surface area contributed by atoms with Crippen LogP contribution < -0.4 is 4.74 Å². The molecule has 100 valence electrons. The van der Waals surface area contributed by atoms with Crippen LogP contribution in [-0.4, -0.2) is 12.0 Å². The van der Waals surface area contributed by atoms with Crippen LogP contribution in [0.1, 0.15) is 31.4 Å². The second kappa shape index (κ2) is 6.55. The van der Waals surface area contributed by atoms with Crippen molar-refractivity contribution in [2.75, 3.05) is 7.11 Å². The van der Waals surface area contributed by atoms with Gasteiger partial charge >= 0.3 is 0 Å². The maximum atomic E-state index is 11.0. The Morgan fingerprint density at radius 1 is 1.58 bits per heavy atom. The molecule has 0 spiro atoms. The van der Waals surface area contributed by atoms with Gasteiger partial charge in [0.05, 0.1) is 17.6 Å². The average Bonchev–Trinajstić information content (AvgIpc) is 2.37. The van der Waals surface area contributed by atoms with E-state index in [1.54, 1.807) is 18.2 Å². The van der Waals surface area contributed by atoms with Crippen molar-refractivity contribution >= 4 is 6.08 Å². The molecule has 0 aliphatic carbocycles. The third-order valence-electron chi connectivity index (χ3n) is 2.53. The molecule has 0 atom stereocenters. The van der Waals surface area contributed by atoms with Gasteiger partial charge in [-0.3, -0.25) is 10.1 Å². The van der Waals surface area contributed by atoms with Gasteiger partial charge in [0.15, 0.2) is 0 Å². The lowest BCUT2D eigenvalue weighted by atomic mass is 10.0. The first-order valence-corrected chi connectivity index (χ1v) is 5.91. The van der Waals surface area contributed by atoms with Gasteiger partial charge in [-0.25, -0.2) is 0 Å². The molecule has 0 fully saturated rings. The van der Waals surface area contributed by atoms with E-state index in [2.05, 4.69) is 0 Å². The van der Waals surface area contributed by atoms with E-state index in [0.29, 0.717) is 23.3 Å². The molecule has 0 saturated carbocycles. The van der Waals surface area contributed by atoms with Crippen molar-refractivity contribution in [3.8, 4) is 11.8 Å². The fourth-order valence-corrected chi connectivity index (χ4v) is 1.70. The Morgan fingerprint density at radius 3 is 2.74 bits per heavy atom. The molecule has 0 amide bonds. The Morgan fingerprint density at radius 2 is 2.26 bits per heavy atom. The fraction of sp³-hybridized carbons (Fsp3) is 0.357. The Bertz CT molecular complexity index is 542. The number of nitro groups is 1. The summed E-state index contributed by atoms with van der Waals surface area (Å²) >= 11 is 0. The molecule has 5 nitrogen and oxygen atoms in total. The number of ether oxygens (including phenoxy) is 1. The first-order chi connectivity index (χ1) is 8.97. The highest BCUT2D eigenvalue weighted by molar-refractivity contribution is 5.57. The normalized spacial score (nSPS) is 11.2. The quantitative estimate of drug-likeness (QED) is 0.601. The second-order valence-electron chi connectivity index (χ2n) is 4.56. The minimum atomic E-state index is -0.379. The van der Waals surface area contributed by atoms with Gasteiger partial charge in [-0.05, 0) is 23.6 Å². The van der Waals surface area contributed by atoms with Crippen molar-refractivity contribution in [3.05, 3.63) is 45.1 Å². The van der Waals surface area contributed by atoms with Gasteiger partial charge in [-0.2, -0.15) is 5.26 Å². The van der Waals surface area contributed by atoms with Crippen LogP contribution in [0.4, 0.5) is 0 Å². The highest BCUT2D eigenvalue weighted by Gasteiger charge is 2.13. The lowest BCUT2D eigenvalue weighted by Crippen LogP contribution is -2.02. The number of nitriles is 1. The molecule has 19 heavy (non-hydrogen) atoms. The van der Waals surface area contributed by atoms with E-state index in [9.17, 15) is 10.1 Å². The molecule has 0 saturated heterocycles. The summed E-state index contributed by atoms with van der Waals surface area (Å²) in [5, 5.41) is 19.9. The summed E-state index contributed by atoms with van der Waals surface area (Å²) in [7, 11) is 1.48. The zero-order valence-corrected chi connectivity index (χ0v) is 11.2. The van der Waals surface area contributed by atoms with E-state index in [0.717, 1.165) is 0 Å². The molecule has 0 N–H and O–H groups in total. The Balaban J connectivity index is 3.15. The van der Waals surface area contributed by atoms with E-state index in [1.165, 1.54) is 13.2 Å². The molecule has 0 aromatic heterocycles. The molecule has 0 aliphatic rings. The molecule has 1 rings (SSSR count). The van der Waals surface area contributed by atoms with Gasteiger partial charge < -0.3 is 4.74 Å². The van der Waals surface area contributed by atoms with Gasteiger partial charge in [-0.15, -0.1) is 0 Å². The predicted molar refractivity (Wildman–Crippen MR) is 72.1 cm³/mol. The number of nitrogens with zero attached hydrogens (tertiary/aromatic N) is 2. The highest BCUT2D eigenvalue weighted by atomic mass is 16.6. The van der Waals surface area contributed by atoms with Crippen LogP contribution in [0.3, 0.4) is 0 Å². The van der Waals surface area contributed by atoms with Crippen molar-refractivity contribution in [1.82, 2.24) is 0 Å². The number of allylic oxidation sites excluding steroid dienone is 1. The van der Waals surface area contributed by atoms with Crippen molar-refractivity contribution in [2.24, 2.45) is 5.92 Å². The molecule has 0 radical (unpaired) electrons. The summed E-state index contributed by atoms with van der Waals surface area (Å²) in [6.07, 6.45) is 1.89. The van der Waals surface area contributed by atoms with Crippen LogP contribution in [-0.2, 0) is 0 Å². The first-order valence-electron chi connectivity index (χ1n) is 5.91. The topological polar surface area (TPSA) is 76.2 Å². The Labute approximate surface area is 112 Å². The van der Waals surface area contributed by atoms with Gasteiger partial charge in [-0.1, -0.05) is 19.9 Å². The SMILES string of the molecule is COc1ccc(C=C(CC(C)C)[N+](=O)[O-])cc1C#N. The highest BCUT2D eigenvalue weighted by Crippen LogP contribution is 2.22. The molecule has 5 heteroatoms. The minimum absolute atomic E-state index is 0.143. The standard InChI is InChI=1S/C14H16N2O3/c1-10(2)6-13(16(17)18)8-11-4-5-14(19-3)12(7-11)9-15/h4-5,7-8,10H,6H2,1-3H3. The van der Waals surface area contributed by atoms with E-state index in [1.807, 2.05) is 19.9 Å². The minimum Gasteiger partial charge on any atom is -0.495 e. The van der Waals surface area contributed by atoms with E-state index in [4.69, 9.17) is 10.00 Å². The summed E-state index contributed by atoms with van der Waals surface area (Å²) in [5.41, 5.74) is 1.14. The van der Waals surface area contributed by atoms with Crippen LogP contribution >= 0.6 is 0 Å². The average molecular weight is 260 g/mol. The Hall–Kier alpha value is -2.35. The fourth-order valence-electron chi connectivity index (χ4n) is 1.70. The number of hydrogen-bond donors (Lipinski definition) is 0. The maximum Gasteiger partial charge on any atom is 0.247 e. The summed E-state index contributed by atoms with van der Waals surface area (Å²) in [5.74, 6) is 0.663. The Kier molecular flexibility index (Phi) is 5.07. The van der Waals surface area contributed by atoms with E-state index >= 15 is 0 Å². The molecule has 0 unspecified atom stereocenters. The van der Waals surface area contributed by atoms with Crippen molar-refractivity contribution < 1.29 is 9.66 Å². The molecule has 0 aliphatic heterocycles. The van der Waals surface area contributed by atoms with Crippen LogP contribution in [0.2, 0.25) is 0 Å². The lowest BCUT2D eigenvalue weighted by molar-refractivity contribution is -0.427. The number of benzene rings is 1. The second-order valence-corrected chi connectivity index (χ2v) is 4.56. The number of hydrogen-bond acceptors (Lipinski definition) is 4. The van der Waals surface area contributed by atoms with Crippen molar-refractivity contribution in [2.45, 2.75) is 20.3 Å². The third kappa shape index (κ3) is 4.11. The summed E-state index contributed by atoms with van der Waals surface area (Å²) in [6, 6.07) is 6.93. The molecular formula is C14H16N2O3. The zero-order valence-electron chi connectivity index (χ0n) is 11.2. The predicted octanol–water partition coefficient (Wildman–Crippen LogP) is 3.23. The zero-order chi connectivity index (χ0) is 14.4.